The number of carbonyl (C=O) groups excluding carboxylic acids is 1. The van der Waals surface area contributed by atoms with E-state index in [0.29, 0.717) is 37.7 Å². The molecule has 1 aliphatic carbocycles. The van der Waals surface area contributed by atoms with E-state index in [1.54, 1.807) is 23.2 Å². The highest BCUT2D eigenvalue weighted by Crippen LogP contribution is 2.34. The fourth-order valence-electron chi connectivity index (χ4n) is 4.29. The number of sulfonamides is 1. The summed E-state index contributed by atoms with van der Waals surface area (Å²) >= 11 is 0. The fraction of sp³-hybridized carbons (Fsp3) is 0.667. The molecule has 0 bridgehead atoms. The molecule has 0 radical (unpaired) electrons. The van der Waals surface area contributed by atoms with E-state index in [2.05, 4.69) is 4.98 Å². The lowest BCUT2D eigenvalue weighted by atomic mass is 10.0. The van der Waals surface area contributed by atoms with Crippen molar-refractivity contribution in [3.05, 3.63) is 18.3 Å². The number of piperidine rings is 1. The highest BCUT2D eigenvalue weighted by Gasteiger charge is 2.40. The Kier molecular flexibility index (Phi) is 4.77. The van der Waals surface area contributed by atoms with Crippen molar-refractivity contribution in [2.24, 2.45) is 5.92 Å². The van der Waals surface area contributed by atoms with E-state index in [1.165, 1.54) is 4.31 Å². The summed E-state index contributed by atoms with van der Waals surface area (Å²) in [4.78, 5) is 18.6. The van der Waals surface area contributed by atoms with Crippen molar-refractivity contribution in [2.45, 2.75) is 43.8 Å². The third kappa shape index (κ3) is 3.15. The van der Waals surface area contributed by atoms with Crippen LogP contribution in [0.1, 0.15) is 38.5 Å². The number of anilines is 1. The molecular weight excluding hydrogens is 354 g/mol. The number of rotatable bonds is 3. The van der Waals surface area contributed by atoms with Crippen molar-refractivity contribution in [3.8, 4) is 5.88 Å². The molecule has 7 nitrogen and oxygen atoms in total. The molecule has 0 aromatic carbocycles. The second-order valence-corrected chi connectivity index (χ2v) is 9.46. The van der Waals surface area contributed by atoms with Gasteiger partial charge in [-0.05, 0) is 37.8 Å². The van der Waals surface area contributed by atoms with Crippen molar-refractivity contribution < 1.29 is 17.9 Å². The Labute approximate surface area is 154 Å². The van der Waals surface area contributed by atoms with E-state index < -0.39 is 15.3 Å². The number of pyridine rings is 1. The first-order valence-corrected chi connectivity index (χ1v) is 11.0. The van der Waals surface area contributed by atoms with E-state index in [9.17, 15) is 13.2 Å². The quantitative estimate of drug-likeness (QED) is 0.800. The number of hydrogen-bond acceptors (Lipinski definition) is 5. The number of likely N-dealkylation sites (tertiary alicyclic amines) is 1. The number of amides is 1. The van der Waals surface area contributed by atoms with Crippen LogP contribution in [0.2, 0.25) is 0 Å². The minimum absolute atomic E-state index is 0.0877. The van der Waals surface area contributed by atoms with Gasteiger partial charge in [-0.1, -0.05) is 12.8 Å². The topological polar surface area (TPSA) is 79.8 Å². The Balaban J connectivity index is 1.53. The van der Waals surface area contributed by atoms with Crippen molar-refractivity contribution >= 4 is 21.6 Å². The number of aromatic nitrogens is 1. The van der Waals surface area contributed by atoms with Crippen LogP contribution in [0.5, 0.6) is 5.88 Å². The molecule has 1 amide bonds. The number of hydrogen-bond donors (Lipinski definition) is 0. The molecule has 142 valence electrons. The molecule has 8 heteroatoms. The average molecular weight is 379 g/mol. The van der Waals surface area contributed by atoms with Gasteiger partial charge in [-0.25, -0.2) is 13.4 Å². The van der Waals surface area contributed by atoms with Gasteiger partial charge in [0.05, 0.1) is 11.8 Å². The van der Waals surface area contributed by atoms with Crippen LogP contribution in [0, 0.1) is 5.92 Å². The van der Waals surface area contributed by atoms with Gasteiger partial charge in [0.1, 0.15) is 12.3 Å². The number of carbonyl (C=O) groups is 1. The molecule has 1 saturated heterocycles. The molecule has 0 spiro atoms. The van der Waals surface area contributed by atoms with Gasteiger partial charge < -0.3 is 9.64 Å². The van der Waals surface area contributed by atoms with Crippen LogP contribution in [0.15, 0.2) is 18.3 Å². The van der Waals surface area contributed by atoms with Crippen LogP contribution >= 0.6 is 0 Å². The lowest BCUT2D eigenvalue weighted by Gasteiger charge is -2.38. The second kappa shape index (κ2) is 7.06. The lowest BCUT2D eigenvalue weighted by Crippen LogP contribution is -2.52. The first-order valence-electron chi connectivity index (χ1n) is 9.45. The number of nitrogens with zero attached hydrogens (tertiary/aromatic N) is 3. The molecule has 4 rings (SSSR count). The van der Waals surface area contributed by atoms with Gasteiger partial charge in [-0.3, -0.25) is 9.10 Å². The van der Waals surface area contributed by atoms with Crippen molar-refractivity contribution in [1.29, 1.82) is 0 Å². The second-order valence-electron chi connectivity index (χ2n) is 7.32. The summed E-state index contributed by atoms with van der Waals surface area (Å²) in [7, 11) is -3.57. The maximum atomic E-state index is 13.3. The Morgan fingerprint density at radius 2 is 1.96 bits per heavy atom. The summed E-state index contributed by atoms with van der Waals surface area (Å²) in [5.74, 6) is 0.591. The predicted molar refractivity (Wildman–Crippen MR) is 97.6 cm³/mol. The van der Waals surface area contributed by atoms with Crippen LogP contribution < -0.4 is 9.04 Å². The summed E-state index contributed by atoms with van der Waals surface area (Å²) in [6, 6.07) is 3.44. The molecule has 1 atom stereocenters. The Morgan fingerprint density at radius 3 is 2.77 bits per heavy atom. The van der Waals surface area contributed by atoms with Crippen LogP contribution in [-0.4, -0.2) is 55.7 Å². The normalized spacial score (nSPS) is 24.2. The van der Waals surface area contributed by atoms with Crippen LogP contribution in [0.25, 0.3) is 0 Å². The van der Waals surface area contributed by atoms with Gasteiger partial charge in [0, 0.05) is 25.2 Å². The van der Waals surface area contributed by atoms with Crippen LogP contribution in [-0.2, 0) is 14.8 Å². The standard InChI is InChI=1S/C18H25N3O4S/c22-18(14-5-1-2-6-14)20-10-4-7-15(13-20)26(23,24)21-11-12-25-17-16(21)8-3-9-19-17/h3,8-9,14-15H,1-2,4-7,10-13H2. The first kappa shape index (κ1) is 17.6. The zero-order chi connectivity index (χ0) is 18.1. The van der Waals surface area contributed by atoms with Gasteiger partial charge in [0.25, 0.3) is 0 Å². The van der Waals surface area contributed by atoms with Gasteiger partial charge in [-0.15, -0.1) is 0 Å². The van der Waals surface area contributed by atoms with Crippen molar-refractivity contribution in [1.82, 2.24) is 9.88 Å². The highest BCUT2D eigenvalue weighted by molar-refractivity contribution is 7.93. The molecule has 1 unspecified atom stereocenters. The maximum absolute atomic E-state index is 13.3. The Bertz CT molecular complexity index is 776. The summed E-state index contributed by atoms with van der Waals surface area (Å²) < 4.78 is 33.5. The molecular formula is C18H25N3O4S. The molecule has 1 aromatic heterocycles. The van der Waals surface area contributed by atoms with E-state index in [4.69, 9.17) is 4.74 Å². The van der Waals surface area contributed by atoms with Crippen LogP contribution in [0.3, 0.4) is 0 Å². The minimum Gasteiger partial charge on any atom is -0.474 e. The highest BCUT2D eigenvalue weighted by atomic mass is 32.2. The van der Waals surface area contributed by atoms with Gasteiger partial charge >= 0.3 is 0 Å². The molecule has 0 N–H and O–H groups in total. The molecule has 26 heavy (non-hydrogen) atoms. The molecule has 3 heterocycles. The first-order chi connectivity index (χ1) is 12.6. The van der Waals surface area contributed by atoms with E-state index >= 15 is 0 Å². The van der Waals surface area contributed by atoms with Gasteiger partial charge in [-0.2, -0.15) is 0 Å². The van der Waals surface area contributed by atoms with E-state index in [1.807, 2.05) is 0 Å². The third-order valence-electron chi connectivity index (χ3n) is 5.68. The summed E-state index contributed by atoms with van der Waals surface area (Å²) in [5, 5.41) is -0.562. The monoisotopic (exact) mass is 379 g/mol. The number of ether oxygens (including phenoxy) is 1. The van der Waals surface area contributed by atoms with Crippen molar-refractivity contribution in [3.63, 3.8) is 0 Å². The largest absolute Gasteiger partial charge is 0.474 e. The molecule has 3 aliphatic rings. The summed E-state index contributed by atoms with van der Waals surface area (Å²) in [6.07, 6.45) is 6.99. The summed E-state index contributed by atoms with van der Waals surface area (Å²) in [5.41, 5.74) is 0.498. The fourth-order valence-corrected chi connectivity index (χ4v) is 6.22. The molecule has 2 aliphatic heterocycles. The molecule has 1 saturated carbocycles. The lowest BCUT2D eigenvalue weighted by molar-refractivity contribution is -0.136. The van der Waals surface area contributed by atoms with Gasteiger partial charge in [0.15, 0.2) is 0 Å². The van der Waals surface area contributed by atoms with E-state index in [-0.39, 0.29) is 18.4 Å². The third-order valence-corrected chi connectivity index (χ3v) is 7.90. The van der Waals surface area contributed by atoms with Gasteiger partial charge in [0.2, 0.25) is 21.8 Å². The zero-order valence-electron chi connectivity index (χ0n) is 14.8. The maximum Gasteiger partial charge on any atom is 0.240 e. The zero-order valence-corrected chi connectivity index (χ0v) is 15.7. The molecule has 1 aromatic rings. The SMILES string of the molecule is O=C(C1CCCC1)N1CCCC(S(=O)(=O)N2CCOc3ncccc32)C1. The predicted octanol–water partition coefficient (Wildman–Crippen LogP) is 1.79. The average Bonchev–Trinajstić information content (AvgIpc) is 3.22. The summed E-state index contributed by atoms with van der Waals surface area (Å²) in [6.45, 7) is 1.54. The number of fused-ring (bicyclic) bond motifs is 1. The minimum atomic E-state index is -3.57. The Morgan fingerprint density at radius 1 is 1.15 bits per heavy atom. The van der Waals surface area contributed by atoms with Crippen LogP contribution in [0.4, 0.5) is 5.69 Å². The smallest absolute Gasteiger partial charge is 0.240 e. The van der Waals surface area contributed by atoms with E-state index in [0.717, 1.165) is 32.1 Å². The molecule has 2 fully saturated rings. The van der Waals surface area contributed by atoms with Crippen molar-refractivity contribution in [2.75, 3.05) is 30.5 Å². The Hall–Kier alpha value is -1.83.